The summed E-state index contributed by atoms with van der Waals surface area (Å²) in [6.07, 6.45) is 4.81. The summed E-state index contributed by atoms with van der Waals surface area (Å²) in [6.45, 7) is 7.18. The third-order valence-electron chi connectivity index (χ3n) is 9.46. The van der Waals surface area contributed by atoms with Crippen LogP contribution < -0.4 is 22.1 Å². The van der Waals surface area contributed by atoms with Gasteiger partial charge < -0.3 is 26.8 Å². The van der Waals surface area contributed by atoms with Gasteiger partial charge in [0.15, 0.2) is 9.84 Å². The Bertz CT molecular complexity index is 908. The van der Waals surface area contributed by atoms with E-state index >= 15 is 0 Å². The number of carbonyl (C=O) groups excluding carboxylic acids is 1. The molecule has 0 radical (unpaired) electrons. The molecule has 0 saturated carbocycles. The van der Waals surface area contributed by atoms with Crippen LogP contribution in [0, 0.1) is 11.3 Å². The molecule has 2 saturated heterocycles. The van der Waals surface area contributed by atoms with Crippen molar-refractivity contribution in [3.8, 4) is 0 Å². The highest BCUT2D eigenvalue weighted by atomic mass is 32.2. The third-order valence-corrected chi connectivity index (χ3v) is 11.7. The van der Waals surface area contributed by atoms with Crippen molar-refractivity contribution in [3.05, 3.63) is 0 Å². The first-order valence-corrected chi connectivity index (χ1v) is 16.4. The van der Waals surface area contributed by atoms with Crippen LogP contribution in [0.1, 0.15) is 65.2 Å². The highest BCUT2D eigenvalue weighted by molar-refractivity contribution is 7.92. The van der Waals surface area contributed by atoms with Gasteiger partial charge in [-0.1, -0.05) is 26.7 Å². The topological polar surface area (TPSA) is 152 Å². The number of methoxy groups -OCH3 is 1. The molecule has 5 unspecified atom stereocenters. The maximum Gasteiger partial charge on any atom is 0.228 e. The molecule has 3 heterocycles. The molecule has 0 spiro atoms. The summed E-state index contributed by atoms with van der Waals surface area (Å²) >= 11 is 0. The average molecular weight is 575 g/mol. The molecule has 10 nitrogen and oxygen atoms in total. The maximum atomic E-state index is 14.5. The lowest BCUT2D eigenvalue weighted by molar-refractivity contribution is -0.128. The van der Waals surface area contributed by atoms with E-state index in [4.69, 9.17) is 16.2 Å². The van der Waals surface area contributed by atoms with Crippen molar-refractivity contribution in [2.45, 2.75) is 101 Å². The van der Waals surface area contributed by atoms with Gasteiger partial charge in [-0.05, 0) is 63.6 Å². The normalized spacial score (nSPS) is 30.8. The van der Waals surface area contributed by atoms with E-state index in [0.717, 1.165) is 32.2 Å². The molecule has 0 aliphatic carbocycles. The molecule has 3 rings (SSSR count). The number of piperidine rings is 2. The molecule has 1 amide bonds. The predicted octanol–water partition coefficient (Wildman–Crippen LogP) is 0.986. The van der Waals surface area contributed by atoms with E-state index in [-0.39, 0.29) is 41.0 Å². The summed E-state index contributed by atoms with van der Waals surface area (Å²) in [7, 11) is -1.68. The minimum atomic E-state index is -3.19. The predicted molar refractivity (Wildman–Crippen MR) is 153 cm³/mol. The zero-order valence-electron chi connectivity index (χ0n) is 24.0. The summed E-state index contributed by atoms with van der Waals surface area (Å²) in [5.74, 6) is -0.978. The van der Waals surface area contributed by atoms with Crippen molar-refractivity contribution in [1.29, 1.82) is 0 Å². The first-order chi connectivity index (χ1) is 18.6. The number of rotatable bonds is 11. The number of carbonyl (C=O) groups is 1. The summed E-state index contributed by atoms with van der Waals surface area (Å²) < 4.78 is 44.8. The van der Waals surface area contributed by atoms with Crippen LogP contribution in [-0.2, 0) is 19.4 Å². The molecule has 226 valence electrons. The number of hydrogen-bond acceptors (Lipinski definition) is 9. The second-order valence-electron chi connectivity index (χ2n) is 11.7. The van der Waals surface area contributed by atoms with Crippen molar-refractivity contribution in [3.63, 3.8) is 0 Å². The van der Waals surface area contributed by atoms with E-state index in [1.165, 1.54) is 13.3 Å². The van der Waals surface area contributed by atoms with Crippen LogP contribution in [0.5, 0.6) is 0 Å². The van der Waals surface area contributed by atoms with Gasteiger partial charge in [0, 0.05) is 25.9 Å². The van der Waals surface area contributed by atoms with Crippen LogP contribution in [0.25, 0.3) is 0 Å². The van der Waals surface area contributed by atoms with Crippen LogP contribution in [0.2, 0.25) is 0 Å². The first-order valence-electron chi connectivity index (χ1n) is 14.7. The zero-order valence-corrected chi connectivity index (χ0v) is 24.8. The Labute approximate surface area is 234 Å². The molecule has 12 heteroatoms. The van der Waals surface area contributed by atoms with Crippen LogP contribution in [0.4, 0.5) is 4.39 Å². The van der Waals surface area contributed by atoms with Crippen LogP contribution >= 0.6 is 0 Å². The Hall–Kier alpha value is -1.18. The second kappa shape index (κ2) is 14.6. The largest absolute Gasteiger partial charge is 0.384 e. The number of nitrogens with zero attached hydrogens (tertiary/aromatic N) is 2. The molecule has 39 heavy (non-hydrogen) atoms. The maximum absolute atomic E-state index is 14.5. The molecular formula is C27H51FN6O4S. The van der Waals surface area contributed by atoms with E-state index in [2.05, 4.69) is 34.4 Å². The van der Waals surface area contributed by atoms with E-state index in [1.54, 1.807) is 0 Å². The van der Waals surface area contributed by atoms with E-state index in [0.29, 0.717) is 45.3 Å². The van der Waals surface area contributed by atoms with Gasteiger partial charge in [-0.2, -0.15) is 0 Å². The number of aliphatic imine (C=N–C) groups is 1. The molecular weight excluding hydrogens is 523 g/mol. The molecule has 5 atom stereocenters. The highest BCUT2D eigenvalue weighted by Gasteiger charge is 2.42. The van der Waals surface area contributed by atoms with Crippen LogP contribution in [-0.4, -0.2) is 107 Å². The van der Waals surface area contributed by atoms with Gasteiger partial charge in [0.1, 0.15) is 6.17 Å². The molecule has 3 aliphatic rings. The number of amides is 1. The third kappa shape index (κ3) is 8.42. The lowest BCUT2D eigenvalue weighted by Gasteiger charge is -2.44. The summed E-state index contributed by atoms with van der Waals surface area (Å²) in [5.41, 5.74) is 12.3. The van der Waals surface area contributed by atoms with Crippen molar-refractivity contribution < 1.29 is 22.3 Å². The Kier molecular flexibility index (Phi) is 12.1. The van der Waals surface area contributed by atoms with Crippen molar-refractivity contribution in [2.75, 3.05) is 45.6 Å². The smallest absolute Gasteiger partial charge is 0.228 e. The standard InChI is InChI=1S/C27H51FN6O4S/c1-4-27(5-2)10-6-19(28)17-32-21(16-27)24(25(29)30)26(35)33-22-18-31-11-7-23(22)34-12-8-20(9-13-34)39(36,37)15-14-38-3/h17,19-25,31H,4-16,18,29-30H2,1-3H3,(H,33,35)/b32-17-. The second-order valence-corrected chi connectivity index (χ2v) is 14.1. The van der Waals surface area contributed by atoms with Gasteiger partial charge in [-0.25, -0.2) is 12.8 Å². The number of halogens is 1. The fourth-order valence-electron chi connectivity index (χ4n) is 6.68. The van der Waals surface area contributed by atoms with Gasteiger partial charge in [-0.15, -0.1) is 0 Å². The number of nitrogens with one attached hydrogen (secondary N) is 2. The fourth-order valence-corrected chi connectivity index (χ4v) is 8.34. The number of ether oxygens (including phenoxy) is 1. The number of sulfone groups is 1. The Morgan fingerprint density at radius 1 is 1.23 bits per heavy atom. The van der Waals surface area contributed by atoms with Gasteiger partial charge in [-0.3, -0.25) is 14.7 Å². The molecule has 6 N–H and O–H groups in total. The van der Waals surface area contributed by atoms with E-state index in [1.807, 2.05) is 0 Å². The van der Waals surface area contributed by atoms with Gasteiger partial charge in [0.05, 0.1) is 41.8 Å². The Morgan fingerprint density at radius 3 is 2.54 bits per heavy atom. The van der Waals surface area contributed by atoms with E-state index in [9.17, 15) is 17.6 Å². The number of alkyl halides is 1. The highest BCUT2D eigenvalue weighted by Crippen LogP contribution is 2.41. The van der Waals surface area contributed by atoms with Crippen molar-refractivity contribution in [2.24, 2.45) is 27.8 Å². The van der Waals surface area contributed by atoms with E-state index < -0.39 is 34.1 Å². The number of likely N-dealkylation sites (tertiary alicyclic amines) is 1. The SMILES string of the molecule is CCC1(CC)CCC(F)/C=N\C(C(C(=O)NC2CNCCC2N2CCC(S(=O)(=O)CCOC)CC2)C(N)N)C1. The molecule has 2 fully saturated rings. The summed E-state index contributed by atoms with van der Waals surface area (Å²) in [6, 6.07) is -0.594. The van der Waals surface area contributed by atoms with Crippen molar-refractivity contribution in [1.82, 2.24) is 15.5 Å². The molecule has 3 aliphatic heterocycles. The summed E-state index contributed by atoms with van der Waals surface area (Å²) in [5, 5.41) is 6.24. The lowest BCUT2D eigenvalue weighted by atomic mass is 9.70. The van der Waals surface area contributed by atoms with Crippen molar-refractivity contribution >= 4 is 22.0 Å². The minimum absolute atomic E-state index is 0.0467. The fraction of sp³-hybridized carbons (Fsp3) is 0.926. The van der Waals surface area contributed by atoms with Crippen LogP contribution in [0.15, 0.2) is 4.99 Å². The van der Waals surface area contributed by atoms with Gasteiger partial charge in [0.25, 0.3) is 0 Å². The number of hydrogen-bond donors (Lipinski definition) is 4. The molecule has 0 aromatic heterocycles. The quantitative estimate of drug-likeness (QED) is 0.267. The molecule has 0 bridgehead atoms. The Balaban J connectivity index is 1.71. The summed E-state index contributed by atoms with van der Waals surface area (Å²) in [4.78, 5) is 20.6. The first kappa shape index (κ1) is 32.3. The van der Waals surface area contributed by atoms with Crippen LogP contribution in [0.3, 0.4) is 0 Å². The Morgan fingerprint density at radius 2 is 1.92 bits per heavy atom. The minimum Gasteiger partial charge on any atom is -0.384 e. The molecule has 0 aromatic rings. The van der Waals surface area contributed by atoms with Gasteiger partial charge >= 0.3 is 0 Å². The monoisotopic (exact) mass is 574 g/mol. The number of nitrogens with two attached hydrogens (primary N) is 2. The lowest BCUT2D eigenvalue weighted by Crippen LogP contribution is -2.63. The van der Waals surface area contributed by atoms with Gasteiger partial charge in [0.2, 0.25) is 5.91 Å². The zero-order chi connectivity index (χ0) is 28.6. The average Bonchev–Trinajstić information content (AvgIpc) is 2.92. The molecule has 0 aromatic carbocycles.